The first-order chi connectivity index (χ1) is 13.0. The highest BCUT2D eigenvalue weighted by Gasteiger charge is 2.44. The number of hydrogen-bond acceptors (Lipinski definition) is 4. The van der Waals surface area contributed by atoms with Crippen LogP contribution in [0.5, 0.6) is 0 Å². The van der Waals surface area contributed by atoms with E-state index >= 15 is 0 Å². The normalized spacial score (nSPS) is 25.4. The zero-order valence-corrected chi connectivity index (χ0v) is 16.3. The first-order valence-electron chi connectivity index (χ1n) is 9.54. The first-order valence-corrected chi connectivity index (χ1v) is 9.54. The fraction of sp³-hybridized carbons (Fsp3) is 0.650. The maximum absolute atomic E-state index is 12.9. The average Bonchev–Trinajstić information content (AvgIpc) is 2.57. The number of carbonyl (C=O) groups is 2. The number of ether oxygens (including phenoxy) is 1. The summed E-state index contributed by atoms with van der Waals surface area (Å²) in [6, 6.07) is 1.90. The number of ketones is 1. The van der Waals surface area contributed by atoms with Crippen molar-refractivity contribution >= 4 is 11.9 Å². The maximum Gasteiger partial charge on any atom is 0.433 e. The number of alkyl halides is 3. The largest absolute Gasteiger partial charge is 0.444 e. The number of aromatic nitrogens is 1. The van der Waals surface area contributed by atoms with Crippen molar-refractivity contribution in [2.45, 2.75) is 76.7 Å². The van der Waals surface area contributed by atoms with Crippen LogP contribution in [0.25, 0.3) is 0 Å². The predicted octanol–water partition coefficient (Wildman–Crippen LogP) is 4.85. The number of nitrogens with zero attached hydrogens (tertiary/aromatic N) is 2. The molecule has 2 fully saturated rings. The van der Waals surface area contributed by atoms with E-state index in [0.717, 1.165) is 31.5 Å². The summed E-state index contributed by atoms with van der Waals surface area (Å²) in [5.74, 6) is -0.717. The lowest BCUT2D eigenvalue weighted by Gasteiger charge is -2.48. The van der Waals surface area contributed by atoms with E-state index in [1.54, 1.807) is 25.7 Å². The highest BCUT2D eigenvalue weighted by atomic mass is 19.4. The van der Waals surface area contributed by atoms with Crippen molar-refractivity contribution in [1.82, 2.24) is 9.88 Å². The Hall–Kier alpha value is -2.12. The summed E-state index contributed by atoms with van der Waals surface area (Å²) in [6.45, 7) is 5.41. The standard InChI is InChI=1S/C20H25F3N2O3/c1-19(2,3)28-18(27)25-14-5-4-6-15(25)10-13(9-14)17(26)12-7-8-24-16(11-12)20(21,22)23/h7-8,11,13-15H,4-6,9-10H2,1-3H3. The van der Waals surface area contributed by atoms with E-state index in [9.17, 15) is 22.8 Å². The number of fused-ring (bicyclic) bond motifs is 2. The molecule has 0 aromatic carbocycles. The number of amides is 1. The molecule has 2 unspecified atom stereocenters. The van der Waals surface area contributed by atoms with Gasteiger partial charge in [0.2, 0.25) is 0 Å². The van der Waals surface area contributed by atoms with Crippen molar-refractivity contribution in [3.05, 3.63) is 29.6 Å². The summed E-state index contributed by atoms with van der Waals surface area (Å²) < 4.78 is 44.2. The zero-order chi connectivity index (χ0) is 20.7. The van der Waals surface area contributed by atoms with Crippen LogP contribution in [-0.2, 0) is 10.9 Å². The molecule has 28 heavy (non-hydrogen) atoms. The summed E-state index contributed by atoms with van der Waals surface area (Å²) in [4.78, 5) is 30.6. The van der Waals surface area contributed by atoms with Gasteiger partial charge in [-0.25, -0.2) is 4.79 Å². The van der Waals surface area contributed by atoms with Gasteiger partial charge in [-0.15, -0.1) is 0 Å². The molecule has 1 aromatic rings. The SMILES string of the molecule is CC(C)(C)OC(=O)N1C2CCCC1CC(C(=O)c1ccnc(C(F)(F)F)c1)C2. The molecule has 3 heterocycles. The minimum atomic E-state index is -4.59. The molecule has 154 valence electrons. The summed E-state index contributed by atoms with van der Waals surface area (Å²) in [7, 11) is 0. The van der Waals surface area contributed by atoms with Gasteiger partial charge in [-0.2, -0.15) is 13.2 Å². The third-order valence-electron chi connectivity index (χ3n) is 5.28. The van der Waals surface area contributed by atoms with Crippen molar-refractivity contribution in [3.8, 4) is 0 Å². The van der Waals surface area contributed by atoms with E-state index in [2.05, 4.69) is 4.98 Å². The van der Waals surface area contributed by atoms with Crippen LogP contribution < -0.4 is 0 Å². The number of hydrogen-bond donors (Lipinski definition) is 0. The van der Waals surface area contributed by atoms with Crippen LogP contribution >= 0.6 is 0 Å². The Kier molecular flexibility index (Phi) is 5.42. The van der Waals surface area contributed by atoms with Crippen molar-refractivity contribution in [3.63, 3.8) is 0 Å². The lowest BCUT2D eigenvalue weighted by atomic mass is 9.76. The lowest BCUT2D eigenvalue weighted by molar-refractivity contribution is -0.141. The summed E-state index contributed by atoms with van der Waals surface area (Å²) in [5.41, 5.74) is -1.65. The molecule has 2 aliphatic heterocycles. The molecular weight excluding hydrogens is 373 g/mol. The third-order valence-corrected chi connectivity index (χ3v) is 5.28. The highest BCUT2D eigenvalue weighted by Crippen LogP contribution is 2.39. The molecule has 3 rings (SSSR count). The van der Waals surface area contributed by atoms with E-state index in [4.69, 9.17) is 4.74 Å². The van der Waals surface area contributed by atoms with Gasteiger partial charge in [-0.05, 0) is 65.0 Å². The van der Waals surface area contributed by atoms with Crippen LogP contribution in [0.4, 0.5) is 18.0 Å². The molecule has 0 N–H and O–H groups in total. The quantitative estimate of drug-likeness (QED) is 0.668. The van der Waals surface area contributed by atoms with E-state index < -0.39 is 23.4 Å². The second kappa shape index (κ2) is 7.37. The second-order valence-corrected chi connectivity index (χ2v) is 8.59. The number of rotatable bonds is 2. The topological polar surface area (TPSA) is 59.5 Å². The molecule has 5 nitrogen and oxygen atoms in total. The number of Topliss-reactive ketones (excluding diaryl/α,β-unsaturated/α-hetero) is 1. The Labute approximate surface area is 162 Å². The van der Waals surface area contributed by atoms with Crippen molar-refractivity contribution in [2.75, 3.05) is 0 Å². The molecule has 0 aliphatic carbocycles. The Bertz CT molecular complexity index is 744. The molecular formula is C20H25F3N2O3. The molecule has 2 aliphatic rings. The number of halogens is 3. The monoisotopic (exact) mass is 398 g/mol. The Morgan fingerprint density at radius 3 is 2.29 bits per heavy atom. The Morgan fingerprint density at radius 1 is 1.14 bits per heavy atom. The summed E-state index contributed by atoms with van der Waals surface area (Å²) in [5, 5.41) is 0. The minimum absolute atomic E-state index is 0.0242. The van der Waals surface area contributed by atoms with Crippen molar-refractivity contribution in [2.24, 2.45) is 5.92 Å². The molecule has 2 saturated heterocycles. The zero-order valence-electron chi connectivity index (χ0n) is 16.3. The van der Waals surface area contributed by atoms with Crippen LogP contribution in [0.15, 0.2) is 18.3 Å². The van der Waals surface area contributed by atoms with Crippen LogP contribution in [-0.4, -0.2) is 39.4 Å². The first kappa shape index (κ1) is 20.6. The molecule has 8 heteroatoms. The van der Waals surface area contributed by atoms with E-state index in [1.165, 1.54) is 6.07 Å². The van der Waals surface area contributed by atoms with Crippen LogP contribution in [0.3, 0.4) is 0 Å². The molecule has 0 radical (unpaired) electrons. The van der Waals surface area contributed by atoms with Crippen molar-refractivity contribution < 1.29 is 27.5 Å². The molecule has 2 bridgehead atoms. The van der Waals surface area contributed by atoms with Crippen LogP contribution in [0.1, 0.15) is 68.9 Å². The van der Waals surface area contributed by atoms with E-state index in [0.29, 0.717) is 12.8 Å². The maximum atomic E-state index is 12.9. The van der Waals surface area contributed by atoms with Crippen LogP contribution in [0.2, 0.25) is 0 Å². The fourth-order valence-corrected chi connectivity index (χ4v) is 4.18. The summed E-state index contributed by atoms with van der Waals surface area (Å²) in [6.07, 6.45) is -0.566. The summed E-state index contributed by atoms with van der Waals surface area (Å²) >= 11 is 0. The minimum Gasteiger partial charge on any atom is -0.444 e. The van der Waals surface area contributed by atoms with Crippen LogP contribution in [0, 0.1) is 5.92 Å². The van der Waals surface area contributed by atoms with Gasteiger partial charge < -0.3 is 9.64 Å². The fourth-order valence-electron chi connectivity index (χ4n) is 4.18. The average molecular weight is 398 g/mol. The molecule has 1 amide bonds. The molecule has 0 saturated carbocycles. The smallest absolute Gasteiger partial charge is 0.433 e. The number of carbonyl (C=O) groups excluding carboxylic acids is 2. The second-order valence-electron chi connectivity index (χ2n) is 8.59. The number of piperidine rings is 2. The van der Waals surface area contributed by atoms with Gasteiger partial charge >= 0.3 is 12.3 Å². The van der Waals surface area contributed by atoms with Crippen molar-refractivity contribution in [1.29, 1.82) is 0 Å². The predicted molar refractivity (Wildman–Crippen MR) is 95.8 cm³/mol. The Balaban J connectivity index is 1.77. The van der Waals surface area contributed by atoms with Gasteiger partial charge in [-0.1, -0.05) is 0 Å². The van der Waals surface area contributed by atoms with Gasteiger partial charge in [0, 0.05) is 29.8 Å². The molecule has 1 aromatic heterocycles. The van der Waals surface area contributed by atoms with E-state index in [-0.39, 0.29) is 29.5 Å². The lowest BCUT2D eigenvalue weighted by Crippen LogP contribution is -2.56. The third kappa shape index (κ3) is 4.47. The number of pyridine rings is 1. The van der Waals surface area contributed by atoms with E-state index in [1.807, 2.05) is 0 Å². The molecule has 2 atom stereocenters. The highest BCUT2D eigenvalue weighted by molar-refractivity contribution is 5.98. The van der Waals surface area contributed by atoms with Gasteiger partial charge in [0.15, 0.2) is 5.78 Å². The van der Waals surface area contributed by atoms with Gasteiger partial charge in [0.25, 0.3) is 0 Å². The van der Waals surface area contributed by atoms with Gasteiger partial charge in [0.1, 0.15) is 11.3 Å². The Morgan fingerprint density at radius 2 is 1.75 bits per heavy atom. The van der Waals surface area contributed by atoms with Gasteiger partial charge in [0.05, 0.1) is 0 Å². The van der Waals surface area contributed by atoms with Gasteiger partial charge in [-0.3, -0.25) is 9.78 Å². The molecule has 0 spiro atoms.